The summed E-state index contributed by atoms with van der Waals surface area (Å²) in [7, 11) is 0. The van der Waals surface area contributed by atoms with Crippen molar-refractivity contribution in [1.82, 2.24) is 0 Å². The quantitative estimate of drug-likeness (QED) is 0.764. The van der Waals surface area contributed by atoms with Crippen LogP contribution < -0.4 is 5.01 Å². The van der Waals surface area contributed by atoms with Gasteiger partial charge in [-0.05, 0) is 30.7 Å². The molecule has 0 atom stereocenters. The zero-order valence-electron chi connectivity index (χ0n) is 11.9. The molecule has 3 rings (SSSR count). The number of nitrogens with zero attached hydrogens (tertiary/aromatic N) is 2. The number of thioether (sulfide) groups is 1. The highest BCUT2D eigenvalue weighted by atomic mass is 32.2. The maximum atomic E-state index is 4.68. The van der Waals surface area contributed by atoms with Gasteiger partial charge in [0.05, 0.1) is 10.7 Å². The van der Waals surface area contributed by atoms with Crippen LogP contribution in [0, 0.1) is 11.8 Å². The molecular weight excluding hydrogens is 276 g/mol. The second kappa shape index (κ2) is 6.51. The van der Waals surface area contributed by atoms with E-state index in [0.717, 1.165) is 22.7 Å². The Kier molecular flexibility index (Phi) is 4.28. The summed E-state index contributed by atoms with van der Waals surface area (Å²) in [6.45, 7) is 2.74. The first kappa shape index (κ1) is 13.8. The largest absolute Gasteiger partial charge is 0.252 e. The first-order valence-corrected chi connectivity index (χ1v) is 7.84. The van der Waals surface area contributed by atoms with Crippen molar-refractivity contribution >= 4 is 22.5 Å². The molecule has 0 N–H and O–H groups in total. The zero-order chi connectivity index (χ0) is 14.5. The lowest BCUT2D eigenvalue weighted by molar-refractivity contribution is 0.929. The molecule has 21 heavy (non-hydrogen) atoms. The van der Waals surface area contributed by atoms with E-state index in [2.05, 4.69) is 42.1 Å². The first-order valence-electron chi connectivity index (χ1n) is 7.02. The van der Waals surface area contributed by atoms with Crippen molar-refractivity contribution in [3.05, 3.63) is 60.2 Å². The third-order valence-corrected chi connectivity index (χ3v) is 4.31. The van der Waals surface area contributed by atoms with E-state index in [9.17, 15) is 0 Å². The second-order valence-corrected chi connectivity index (χ2v) is 5.76. The van der Waals surface area contributed by atoms with E-state index in [0.29, 0.717) is 6.54 Å². The maximum absolute atomic E-state index is 4.68. The number of benzene rings is 2. The van der Waals surface area contributed by atoms with Crippen LogP contribution in [0.15, 0.2) is 64.6 Å². The SMILES string of the molecule is CCC1=NN(CC#Cc2ccccc2)c2ccccc2S1. The van der Waals surface area contributed by atoms with Crippen molar-refractivity contribution < 1.29 is 0 Å². The number of para-hydroxylation sites is 1. The normalized spacial score (nSPS) is 13.0. The average Bonchev–Trinajstić information content (AvgIpc) is 2.55. The highest BCUT2D eigenvalue weighted by molar-refractivity contribution is 8.14. The molecular formula is C18H16N2S. The van der Waals surface area contributed by atoms with Gasteiger partial charge in [0.15, 0.2) is 0 Å². The number of hydrazone groups is 1. The van der Waals surface area contributed by atoms with Gasteiger partial charge in [-0.3, -0.25) is 5.01 Å². The van der Waals surface area contributed by atoms with Crippen molar-refractivity contribution in [3.8, 4) is 11.8 Å². The molecule has 0 radical (unpaired) electrons. The molecule has 0 saturated heterocycles. The van der Waals surface area contributed by atoms with Gasteiger partial charge in [0.1, 0.15) is 6.54 Å². The summed E-state index contributed by atoms with van der Waals surface area (Å²) in [6.07, 6.45) is 0.946. The second-order valence-electron chi connectivity index (χ2n) is 4.64. The van der Waals surface area contributed by atoms with E-state index in [1.54, 1.807) is 11.8 Å². The predicted octanol–water partition coefficient (Wildman–Crippen LogP) is 4.37. The van der Waals surface area contributed by atoms with Gasteiger partial charge in [0.25, 0.3) is 0 Å². The molecule has 0 amide bonds. The van der Waals surface area contributed by atoms with Gasteiger partial charge < -0.3 is 0 Å². The van der Waals surface area contributed by atoms with Crippen LogP contribution in [0.4, 0.5) is 5.69 Å². The molecule has 0 aliphatic carbocycles. The topological polar surface area (TPSA) is 15.6 Å². The Morgan fingerprint density at radius 2 is 1.81 bits per heavy atom. The molecule has 3 heteroatoms. The van der Waals surface area contributed by atoms with Crippen LogP contribution in [-0.4, -0.2) is 11.6 Å². The molecule has 0 bridgehead atoms. The number of fused-ring (bicyclic) bond motifs is 1. The number of hydrogen-bond acceptors (Lipinski definition) is 3. The summed E-state index contributed by atoms with van der Waals surface area (Å²) in [5, 5.41) is 7.82. The molecule has 0 saturated carbocycles. The van der Waals surface area contributed by atoms with E-state index in [1.165, 1.54) is 4.90 Å². The standard InChI is InChI=1S/C18H16N2S/c1-2-18-19-20(16-12-6-7-13-17(16)21-18)14-8-11-15-9-4-3-5-10-15/h3-7,9-10,12-13H,2,14H2,1H3. The van der Waals surface area contributed by atoms with E-state index < -0.39 is 0 Å². The molecule has 1 heterocycles. The van der Waals surface area contributed by atoms with Crippen molar-refractivity contribution in [2.24, 2.45) is 5.10 Å². The molecule has 0 unspecified atom stereocenters. The van der Waals surface area contributed by atoms with Crippen molar-refractivity contribution in [2.45, 2.75) is 18.2 Å². The Hall–Kier alpha value is -2.18. The molecule has 2 aromatic carbocycles. The molecule has 0 fully saturated rings. The van der Waals surface area contributed by atoms with E-state index in [-0.39, 0.29) is 0 Å². The Balaban J connectivity index is 1.82. The first-order chi connectivity index (χ1) is 10.4. The Bertz CT molecular complexity index is 711. The third kappa shape index (κ3) is 3.29. The Morgan fingerprint density at radius 3 is 2.62 bits per heavy atom. The van der Waals surface area contributed by atoms with Crippen molar-refractivity contribution in [1.29, 1.82) is 0 Å². The van der Waals surface area contributed by atoms with Gasteiger partial charge in [-0.15, -0.1) is 0 Å². The Labute approximate surface area is 129 Å². The van der Waals surface area contributed by atoms with E-state index in [1.807, 2.05) is 41.4 Å². The van der Waals surface area contributed by atoms with Crippen LogP contribution in [0.5, 0.6) is 0 Å². The molecule has 104 valence electrons. The molecule has 1 aliphatic rings. The predicted molar refractivity (Wildman–Crippen MR) is 90.7 cm³/mol. The van der Waals surface area contributed by atoms with Gasteiger partial charge in [-0.25, -0.2) is 0 Å². The lowest BCUT2D eigenvalue weighted by Crippen LogP contribution is -2.22. The van der Waals surface area contributed by atoms with Crippen LogP contribution in [0.2, 0.25) is 0 Å². The van der Waals surface area contributed by atoms with E-state index in [4.69, 9.17) is 0 Å². The smallest absolute Gasteiger partial charge is 0.103 e. The number of rotatable bonds is 2. The summed E-state index contributed by atoms with van der Waals surface area (Å²) >= 11 is 1.75. The zero-order valence-corrected chi connectivity index (χ0v) is 12.7. The fourth-order valence-corrected chi connectivity index (χ4v) is 3.06. The summed E-state index contributed by atoms with van der Waals surface area (Å²) in [5.41, 5.74) is 2.18. The summed E-state index contributed by atoms with van der Waals surface area (Å²) in [5.74, 6) is 6.40. The van der Waals surface area contributed by atoms with E-state index >= 15 is 0 Å². The molecule has 0 spiro atoms. The minimum Gasteiger partial charge on any atom is -0.252 e. The maximum Gasteiger partial charge on any atom is 0.103 e. The Morgan fingerprint density at radius 1 is 1.05 bits per heavy atom. The molecule has 2 aromatic rings. The average molecular weight is 292 g/mol. The summed E-state index contributed by atoms with van der Waals surface area (Å²) in [4.78, 5) is 1.26. The highest BCUT2D eigenvalue weighted by Gasteiger charge is 2.17. The summed E-state index contributed by atoms with van der Waals surface area (Å²) < 4.78 is 0. The molecule has 1 aliphatic heterocycles. The van der Waals surface area contributed by atoms with Crippen LogP contribution in [0.1, 0.15) is 18.9 Å². The number of anilines is 1. The monoisotopic (exact) mass is 292 g/mol. The third-order valence-electron chi connectivity index (χ3n) is 3.14. The number of hydrogen-bond donors (Lipinski definition) is 0. The molecule has 2 nitrogen and oxygen atoms in total. The van der Waals surface area contributed by atoms with Crippen molar-refractivity contribution in [3.63, 3.8) is 0 Å². The fourth-order valence-electron chi connectivity index (χ4n) is 2.09. The van der Waals surface area contributed by atoms with Gasteiger partial charge in [-0.2, -0.15) is 5.10 Å². The van der Waals surface area contributed by atoms with Gasteiger partial charge in [-0.1, -0.05) is 60.9 Å². The van der Waals surface area contributed by atoms with Crippen molar-refractivity contribution in [2.75, 3.05) is 11.6 Å². The van der Waals surface area contributed by atoms with Crippen LogP contribution >= 0.6 is 11.8 Å². The van der Waals surface area contributed by atoms with Gasteiger partial charge in [0, 0.05) is 10.5 Å². The lowest BCUT2D eigenvalue weighted by atomic mass is 10.2. The minimum atomic E-state index is 0.607. The highest BCUT2D eigenvalue weighted by Crippen LogP contribution is 2.36. The lowest BCUT2D eigenvalue weighted by Gasteiger charge is -2.25. The fraction of sp³-hybridized carbons (Fsp3) is 0.167. The van der Waals surface area contributed by atoms with Crippen LogP contribution in [0.25, 0.3) is 0 Å². The molecule has 0 aromatic heterocycles. The summed E-state index contributed by atoms with van der Waals surface area (Å²) in [6, 6.07) is 18.4. The van der Waals surface area contributed by atoms with Gasteiger partial charge >= 0.3 is 0 Å². The van der Waals surface area contributed by atoms with Gasteiger partial charge in [0.2, 0.25) is 0 Å². The minimum absolute atomic E-state index is 0.607. The van der Waals surface area contributed by atoms with Crippen LogP contribution in [0.3, 0.4) is 0 Å². The van der Waals surface area contributed by atoms with Crippen LogP contribution in [-0.2, 0) is 0 Å².